The van der Waals surface area contributed by atoms with Gasteiger partial charge in [0.2, 0.25) is 5.95 Å². The third-order valence-corrected chi connectivity index (χ3v) is 6.12. The quantitative estimate of drug-likeness (QED) is 0.477. The van der Waals surface area contributed by atoms with Crippen LogP contribution in [-0.4, -0.2) is 60.0 Å². The van der Waals surface area contributed by atoms with Crippen molar-refractivity contribution < 1.29 is 4.79 Å². The molecule has 0 atom stereocenters. The molecule has 3 rings (SSSR count). The van der Waals surface area contributed by atoms with E-state index in [9.17, 15) is 4.79 Å². The second-order valence-electron chi connectivity index (χ2n) is 9.27. The van der Waals surface area contributed by atoms with Crippen LogP contribution in [0.4, 0.5) is 11.8 Å². The summed E-state index contributed by atoms with van der Waals surface area (Å²) in [5.41, 5.74) is 0.536. The zero-order chi connectivity index (χ0) is 21.2. The molecule has 0 spiro atoms. The molecule has 1 amide bonds. The van der Waals surface area contributed by atoms with Gasteiger partial charge >= 0.3 is 0 Å². The lowest BCUT2D eigenvalue weighted by molar-refractivity contribution is 0.0949. The Balaban J connectivity index is 1.58. The van der Waals surface area contributed by atoms with E-state index >= 15 is 0 Å². The average molecular weight is 417 g/mol. The fraction of sp³-hybridized carbons (Fsp3) is 0.783. The molecule has 0 radical (unpaired) electrons. The van der Waals surface area contributed by atoms with E-state index in [0.29, 0.717) is 35.7 Å². The first-order valence-corrected chi connectivity index (χ1v) is 12.0. The number of hydrogen-bond acceptors (Lipinski definition) is 6. The van der Waals surface area contributed by atoms with Crippen LogP contribution in [0.25, 0.3) is 0 Å². The van der Waals surface area contributed by atoms with Gasteiger partial charge in [0.1, 0.15) is 11.4 Å². The minimum absolute atomic E-state index is 0.101. The van der Waals surface area contributed by atoms with Crippen LogP contribution in [0.15, 0.2) is 6.20 Å². The van der Waals surface area contributed by atoms with E-state index in [2.05, 4.69) is 44.7 Å². The van der Waals surface area contributed by atoms with Gasteiger partial charge in [0.15, 0.2) is 0 Å². The Hall–Kier alpha value is -1.89. The van der Waals surface area contributed by atoms with Crippen LogP contribution in [0.5, 0.6) is 0 Å². The van der Waals surface area contributed by atoms with Crippen molar-refractivity contribution in [1.82, 2.24) is 20.2 Å². The molecule has 1 aliphatic carbocycles. The van der Waals surface area contributed by atoms with E-state index in [1.807, 2.05) is 0 Å². The highest BCUT2D eigenvalue weighted by molar-refractivity contribution is 5.98. The summed E-state index contributed by atoms with van der Waals surface area (Å²) in [4.78, 5) is 24.3. The van der Waals surface area contributed by atoms with E-state index in [1.165, 1.54) is 58.0 Å². The van der Waals surface area contributed by atoms with Crippen LogP contribution in [0.1, 0.15) is 75.6 Å². The van der Waals surface area contributed by atoms with Crippen LogP contribution in [0.2, 0.25) is 0 Å². The molecule has 30 heavy (non-hydrogen) atoms. The lowest BCUT2D eigenvalue weighted by atomic mass is 9.89. The fourth-order valence-electron chi connectivity index (χ4n) is 4.30. The molecule has 1 aromatic heterocycles. The zero-order valence-electron chi connectivity index (χ0n) is 18.9. The third kappa shape index (κ3) is 7.42. The number of hydrogen-bond donors (Lipinski definition) is 3. The number of anilines is 2. The molecule has 2 heterocycles. The van der Waals surface area contributed by atoms with Gasteiger partial charge < -0.3 is 20.9 Å². The second kappa shape index (κ2) is 12.1. The number of amides is 1. The van der Waals surface area contributed by atoms with Gasteiger partial charge in [-0.15, -0.1) is 0 Å². The van der Waals surface area contributed by atoms with Crippen molar-refractivity contribution in [1.29, 1.82) is 0 Å². The standard InChI is InChI=1S/C23H40N6O/c1-18(2)15-26-22(30)20-17-27-23(24-11-8-14-29-12-6-7-13-29)28-21(20)25-16-19-9-4-3-5-10-19/h17-19H,3-16H2,1-2H3,(H,26,30)(H2,24,25,27,28). The number of aromatic nitrogens is 2. The Morgan fingerprint density at radius 1 is 1.13 bits per heavy atom. The maximum Gasteiger partial charge on any atom is 0.256 e. The van der Waals surface area contributed by atoms with E-state index in [-0.39, 0.29) is 5.91 Å². The Bertz CT molecular complexity index is 653. The number of carbonyl (C=O) groups excluding carboxylic acids is 1. The number of likely N-dealkylation sites (tertiary alicyclic amines) is 1. The van der Waals surface area contributed by atoms with E-state index in [0.717, 1.165) is 26.1 Å². The van der Waals surface area contributed by atoms with E-state index in [1.54, 1.807) is 6.20 Å². The molecule has 3 N–H and O–H groups in total. The molecule has 0 aromatic carbocycles. The molecule has 1 aliphatic heterocycles. The van der Waals surface area contributed by atoms with Gasteiger partial charge in [0.25, 0.3) is 5.91 Å². The summed E-state index contributed by atoms with van der Waals surface area (Å²) in [6, 6.07) is 0. The Morgan fingerprint density at radius 3 is 2.63 bits per heavy atom. The molecule has 0 bridgehead atoms. The fourth-order valence-corrected chi connectivity index (χ4v) is 4.30. The van der Waals surface area contributed by atoms with Crippen molar-refractivity contribution in [2.75, 3.05) is 49.9 Å². The van der Waals surface area contributed by atoms with Gasteiger partial charge in [-0.05, 0) is 63.6 Å². The normalized spacial score (nSPS) is 18.0. The average Bonchev–Trinajstić information content (AvgIpc) is 3.28. The Labute approximate surface area is 181 Å². The van der Waals surface area contributed by atoms with Crippen molar-refractivity contribution in [3.8, 4) is 0 Å². The molecule has 7 heteroatoms. The number of rotatable bonds is 11. The number of nitrogens with zero attached hydrogens (tertiary/aromatic N) is 3. The largest absolute Gasteiger partial charge is 0.369 e. The van der Waals surface area contributed by atoms with Crippen LogP contribution >= 0.6 is 0 Å². The van der Waals surface area contributed by atoms with Gasteiger partial charge in [-0.2, -0.15) is 4.98 Å². The summed E-state index contributed by atoms with van der Waals surface area (Å²) < 4.78 is 0. The van der Waals surface area contributed by atoms with Crippen molar-refractivity contribution in [2.45, 2.75) is 65.2 Å². The van der Waals surface area contributed by atoms with Crippen molar-refractivity contribution in [3.05, 3.63) is 11.8 Å². The summed E-state index contributed by atoms with van der Waals surface area (Å²) in [7, 11) is 0. The molecule has 0 unspecified atom stereocenters. The van der Waals surface area contributed by atoms with Gasteiger partial charge in [-0.25, -0.2) is 4.98 Å². The minimum atomic E-state index is -0.101. The third-order valence-electron chi connectivity index (χ3n) is 6.12. The minimum Gasteiger partial charge on any atom is -0.369 e. The summed E-state index contributed by atoms with van der Waals surface area (Å²) in [6.07, 6.45) is 11.9. The molecule has 1 saturated heterocycles. The lowest BCUT2D eigenvalue weighted by Crippen LogP contribution is -2.29. The SMILES string of the molecule is CC(C)CNC(=O)c1cnc(NCCCN2CCCC2)nc1NCC1CCCCC1. The lowest BCUT2D eigenvalue weighted by Gasteiger charge is -2.22. The van der Waals surface area contributed by atoms with Gasteiger partial charge in [0, 0.05) is 25.8 Å². The summed E-state index contributed by atoms with van der Waals surface area (Å²) in [5, 5.41) is 9.80. The first-order valence-electron chi connectivity index (χ1n) is 12.0. The van der Waals surface area contributed by atoms with Gasteiger partial charge in [-0.3, -0.25) is 4.79 Å². The smallest absolute Gasteiger partial charge is 0.256 e. The first-order chi connectivity index (χ1) is 14.6. The highest BCUT2D eigenvalue weighted by atomic mass is 16.1. The zero-order valence-corrected chi connectivity index (χ0v) is 18.9. The monoisotopic (exact) mass is 416 g/mol. The highest BCUT2D eigenvalue weighted by Gasteiger charge is 2.18. The molecule has 1 saturated carbocycles. The molecule has 168 valence electrons. The molecule has 7 nitrogen and oxygen atoms in total. The van der Waals surface area contributed by atoms with Crippen molar-refractivity contribution in [2.24, 2.45) is 11.8 Å². The van der Waals surface area contributed by atoms with Crippen molar-refractivity contribution in [3.63, 3.8) is 0 Å². The maximum absolute atomic E-state index is 12.7. The van der Waals surface area contributed by atoms with Crippen LogP contribution in [-0.2, 0) is 0 Å². The molecule has 1 aromatic rings. The Kier molecular flexibility index (Phi) is 9.18. The van der Waals surface area contributed by atoms with E-state index < -0.39 is 0 Å². The van der Waals surface area contributed by atoms with E-state index in [4.69, 9.17) is 0 Å². The second-order valence-corrected chi connectivity index (χ2v) is 9.27. The molecular weight excluding hydrogens is 376 g/mol. The predicted octanol–water partition coefficient (Wildman–Crippen LogP) is 3.75. The molecule has 2 fully saturated rings. The van der Waals surface area contributed by atoms with Crippen LogP contribution < -0.4 is 16.0 Å². The predicted molar refractivity (Wildman–Crippen MR) is 123 cm³/mol. The molecule has 2 aliphatic rings. The maximum atomic E-state index is 12.7. The summed E-state index contributed by atoms with van der Waals surface area (Å²) in [5.74, 6) is 2.22. The topological polar surface area (TPSA) is 82.2 Å². The van der Waals surface area contributed by atoms with Crippen LogP contribution in [0.3, 0.4) is 0 Å². The Morgan fingerprint density at radius 2 is 1.90 bits per heavy atom. The number of nitrogens with one attached hydrogen (secondary N) is 3. The van der Waals surface area contributed by atoms with Crippen molar-refractivity contribution >= 4 is 17.7 Å². The number of carbonyl (C=O) groups is 1. The summed E-state index contributed by atoms with van der Waals surface area (Å²) >= 11 is 0. The van der Waals surface area contributed by atoms with Crippen LogP contribution in [0, 0.1) is 11.8 Å². The first kappa shape index (κ1) is 22.8. The highest BCUT2D eigenvalue weighted by Crippen LogP contribution is 2.24. The van der Waals surface area contributed by atoms with Gasteiger partial charge in [0.05, 0.1) is 0 Å². The van der Waals surface area contributed by atoms with Gasteiger partial charge in [-0.1, -0.05) is 33.1 Å². The molecular formula is C23H40N6O. The summed E-state index contributed by atoms with van der Waals surface area (Å²) in [6.45, 7) is 10.1.